The minimum Gasteiger partial charge on any atom is -0.389 e. The highest BCUT2D eigenvalue weighted by atomic mass is 32.1. The van der Waals surface area contributed by atoms with Gasteiger partial charge in [-0.25, -0.2) is 0 Å². The van der Waals surface area contributed by atoms with Crippen LogP contribution in [0.15, 0.2) is 12.1 Å². The van der Waals surface area contributed by atoms with E-state index >= 15 is 0 Å². The van der Waals surface area contributed by atoms with Crippen LogP contribution >= 0.6 is 12.2 Å². The van der Waals surface area contributed by atoms with Gasteiger partial charge in [-0.3, -0.25) is 4.79 Å². The van der Waals surface area contributed by atoms with E-state index < -0.39 is 0 Å². The maximum absolute atomic E-state index is 11.6. The van der Waals surface area contributed by atoms with Crippen LogP contribution < -0.4 is 5.73 Å². The van der Waals surface area contributed by atoms with Crippen LogP contribution in [0.5, 0.6) is 0 Å². The molecule has 0 heterocycles. The zero-order chi connectivity index (χ0) is 11.6. The Morgan fingerprint density at radius 3 is 2.27 bits per heavy atom. The summed E-state index contributed by atoms with van der Waals surface area (Å²) < 4.78 is 0. The highest BCUT2D eigenvalue weighted by Crippen LogP contribution is 2.17. The smallest absolute Gasteiger partial charge is 0.162 e. The number of carbonyl (C=O) groups excluding carboxylic acids is 1. The predicted octanol–water partition coefficient (Wildman–Crippen LogP) is 2.53. The number of hydrogen-bond donors (Lipinski definition) is 1. The lowest BCUT2D eigenvalue weighted by Gasteiger charge is -2.09. The van der Waals surface area contributed by atoms with Crippen LogP contribution in [-0.4, -0.2) is 10.8 Å². The molecule has 0 saturated heterocycles. The summed E-state index contributed by atoms with van der Waals surface area (Å²) in [4.78, 5) is 12.0. The first kappa shape index (κ1) is 11.9. The molecule has 1 aromatic rings. The molecule has 0 aliphatic rings. The van der Waals surface area contributed by atoms with Crippen molar-refractivity contribution in [2.24, 2.45) is 5.73 Å². The van der Waals surface area contributed by atoms with Gasteiger partial charge in [0.2, 0.25) is 0 Å². The average molecular weight is 221 g/mol. The number of carbonyl (C=O) groups is 1. The molecule has 0 aliphatic carbocycles. The second kappa shape index (κ2) is 4.53. The fraction of sp³-hybridized carbons (Fsp3) is 0.333. The lowest BCUT2D eigenvalue weighted by atomic mass is 9.96. The summed E-state index contributed by atoms with van der Waals surface area (Å²) >= 11 is 4.94. The Balaban J connectivity index is 3.36. The molecular formula is C12H15NOS. The lowest BCUT2D eigenvalue weighted by Crippen LogP contribution is -2.13. The molecule has 3 heteroatoms. The monoisotopic (exact) mass is 221 g/mol. The second-order valence-corrected chi connectivity index (χ2v) is 4.06. The van der Waals surface area contributed by atoms with Crippen molar-refractivity contribution in [3.63, 3.8) is 0 Å². The Labute approximate surface area is 95.5 Å². The van der Waals surface area contributed by atoms with Gasteiger partial charge in [0.05, 0.1) is 0 Å². The molecule has 0 saturated carbocycles. The van der Waals surface area contributed by atoms with Crippen molar-refractivity contribution in [3.05, 3.63) is 34.4 Å². The molecule has 1 aromatic carbocycles. The van der Waals surface area contributed by atoms with Crippen LogP contribution in [0.2, 0.25) is 0 Å². The summed E-state index contributed by atoms with van der Waals surface area (Å²) in [5.41, 5.74) is 9.13. The first-order chi connectivity index (χ1) is 6.97. The van der Waals surface area contributed by atoms with E-state index in [0.717, 1.165) is 22.3 Å². The quantitative estimate of drug-likeness (QED) is 0.630. The summed E-state index contributed by atoms with van der Waals surface area (Å²) in [7, 11) is 0. The fourth-order valence-electron chi connectivity index (χ4n) is 1.61. The van der Waals surface area contributed by atoms with Gasteiger partial charge < -0.3 is 5.73 Å². The van der Waals surface area contributed by atoms with Gasteiger partial charge in [0.25, 0.3) is 0 Å². The fourth-order valence-corrected chi connectivity index (χ4v) is 1.83. The zero-order valence-electron chi connectivity index (χ0n) is 9.26. The standard InChI is InChI=1S/C12H15NOS/c1-4-11(14)9-6-10(12(13)15)8(3)5-7(9)2/h5-6H,4H2,1-3H3,(H2,13,15). The number of nitrogens with two attached hydrogens (primary N) is 1. The van der Waals surface area contributed by atoms with Gasteiger partial charge in [0, 0.05) is 17.5 Å². The molecule has 0 unspecified atom stereocenters. The van der Waals surface area contributed by atoms with Crippen molar-refractivity contribution in [1.82, 2.24) is 0 Å². The Morgan fingerprint density at radius 2 is 1.80 bits per heavy atom. The van der Waals surface area contributed by atoms with Crippen LogP contribution in [0.1, 0.15) is 40.4 Å². The molecule has 0 amide bonds. The van der Waals surface area contributed by atoms with E-state index in [-0.39, 0.29) is 5.78 Å². The number of aryl methyl sites for hydroxylation is 2. The molecule has 0 atom stereocenters. The van der Waals surface area contributed by atoms with E-state index in [1.807, 2.05) is 26.8 Å². The molecule has 80 valence electrons. The Morgan fingerprint density at radius 1 is 1.27 bits per heavy atom. The number of benzene rings is 1. The van der Waals surface area contributed by atoms with Crippen molar-refractivity contribution in [2.45, 2.75) is 27.2 Å². The topological polar surface area (TPSA) is 43.1 Å². The van der Waals surface area contributed by atoms with E-state index in [9.17, 15) is 4.79 Å². The number of ketones is 1. The maximum Gasteiger partial charge on any atom is 0.162 e. The third kappa shape index (κ3) is 2.42. The molecule has 0 radical (unpaired) electrons. The summed E-state index contributed by atoms with van der Waals surface area (Å²) in [6.45, 7) is 5.73. The first-order valence-electron chi connectivity index (χ1n) is 4.91. The third-order valence-electron chi connectivity index (χ3n) is 2.46. The summed E-state index contributed by atoms with van der Waals surface area (Å²) in [5, 5.41) is 0. The molecule has 0 spiro atoms. The predicted molar refractivity (Wildman–Crippen MR) is 66.4 cm³/mol. The third-order valence-corrected chi connectivity index (χ3v) is 2.68. The average Bonchev–Trinajstić information content (AvgIpc) is 2.16. The van der Waals surface area contributed by atoms with Gasteiger partial charge in [-0.2, -0.15) is 0 Å². The van der Waals surface area contributed by atoms with E-state index in [2.05, 4.69) is 0 Å². The minimum atomic E-state index is 0.130. The first-order valence-corrected chi connectivity index (χ1v) is 5.32. The second-order valence-electron chi connectivity index (χ2n) is 3.62. The van der Waals surface area contributed by atoms with Gasteiger partial charge in [0.15, 0.2) is 5.78 Å². The Bertz CT molecular complexity index is 424. The van der Waals surface area contributed by atoms with E-state index in [0.29, 0.717) is 11.4 Å². The van der Waals surface area contributed by atoms with Gasteiger partial charge in [0.1, 0.15) is 4.99 Å². The molecule has 0 aliphatic heterocycles. The molecule has 2 N–H and O–H groups in total. The minimum absolute atomic E-state index is 0.130. The van der Waals surface area contributed by atoms with E-state index in [1.165, 1.54) is 0 Å². The SMILES string of the molecule is CCC(=O)c1cc(C(N)=S)c(C)cc1C. The van der Waals surface area contributed by atoms with Crippen LogP contribution in [-0.2, 0) is 0 Å². The molecule has 0 bridgehead atoms. The van der Waals surface area contributed by atoms with Crippen LogP contribution in [0.25, 0.3) is 0 Å². The van der Waals surface area contributed by atoms with Gasteiger partial charge in [-0.1, -0.05) is 25.2 Å². The summed E-state index contributed by atoms with van der Waals surface area (Å²) in [6.07, 6.45) is 0.501. The number of rotatable bonds is 3. The Kier molecular flexibility index (Phi) is 3.58. The number of thiocarbonyl (C=S) groups is 1. The van der Waals surface area contributed by atoms with Crippen molar-refractivity contribution in [3.8, 4) is 0 Å². The lowest BCUT2D eigenvalue weighted by molar-refractivity contribution is 0.0987. The summed E-state index contributed by atoms with van der Waals surface area (Å²) in [6, 6.07) is 3.76. The van der Waals surface area contributed by atoms with Crippen LogP contribution in [0, 0.1) is 13.8 Å². The van der Waals surface area contributed by atoms with Crippen molar-refractivity contribution in [1.29, 1.82) is 0 Å². The molecule has 2 nitrogen and oxygen atoms in total. The van der Waals surface area contributed by atoms with Crippen LogP contribution in [0.4, 0.5) is 0 Å². The van der Waals surface area contributed by atoms with E-state index in [1.54, 1.807) is 6.07 Å². The van der Waals surface area contributed by atoms with Gasteiger partial charge >= 0.3 is 0 Å². The Hall–Kier alpha value is -1.22. The number of hydrogen-bond acceptors (Lipinski definition) is 2. The number of Topliss-reactive ketones (excluding diaryl/α,β-unsaturated/α-hetero) is 1. The highest BCUT2D eigenvalue weighted by Gasteiger charge is 2.11. The highest BCUT2D eigenvalue weighted by molar-refractivity contribution is 7.80. The van der Waals surface area contributed by atoms with Gasteiger partial charge in [-0.05, 0) is 31.0 Å². The molecule has 0 fully saturated rings. The zero-order valence-corrected chi connectivity index (χ0v) is 10.1. The van der Waals surface area contributed by atoms with Gasteiger partial charge in [-0.15, -0.1) is 0 Å². The molecule has 1 rings (SSSR count). The van der Waals surface area contributed by atoms with E-state index in [4.69, 9.17) is 18.0 Å². The maximum atomic E-state index is 11.6. The van der Waals surface area contributed by atoms with Crippen molar-refractivity contribution < 1.29 is 4.79 Å². The largest absolute Gasteiger partial charge is 0.389 e. The summed E-state index contributed by atoms with van der Waals surface area (Å²) in [5.74, 6) is 0.130. The molecule has 0 aromatic heterocycles. The van der Waals surface area contributed by atoms with Crippen molar-refractivity contribution in [2.75, 3.05) is 0 Å². The van der Waals surface area contributed by atoms with Crippen molar-refractivity contribution >= 4 is 23.0 Å². The molecular weight excluding hydrogens is 206 g/mol. The normalized spacial score (nSPS) is 10.1. The molecule has 15 heavy (non-hydrogen) atoms. The van der Waals surface area contributed by atoms with Crippen LogP contribution in [0.3, 0.4) is 0 Å².